The van der Waals surface area contributed by atoms with Crippen LogP contribution in [-0.2, 0) is 0 Å². The lowest BCUT2D eigenvalue weighted by Crippen LogP contribution is -2.38. The Hall–Kier alpha value is -3.13. The van der Waals surface area contributed by atoms with E-state index < -0.39 is 0 Å². The first-order chi connectivity index (χ1) is 14.5. The number of hydrogen-bond acceptors (Lipinski definition) is 4. The maximum absolute atomic E-state index is 13.5. The monoisotopic (exact) mass is 426 g/mol. The van der Waals surface area contributed by atoms with Crippen molar-refractivity contribution >= 4 is 28.6 Å². The van der Waals surface area contributed by atoms with Gasteiger partial charge in [0.2, 0.25) is 5.95 Å². The van der Waals surface area contributed by atoms with Crippen LogP contribution < -0.4 is 10.6 Å². The van der Waals surface area contributed by atoms with Gasteiger partial charge in [0, 0.05) is 24.2 Å². The molecule has 0 aliphatic carbocycles. The number of rotatable bonds is 3. The minimum atomic E-state index is -0.359. The number of hydrogen-bond donors (Lipinski definition) is 1. The van der Waals surface area contributed by atoms with Gasteiger partial charge in [-0.05, 0) is 62.2 Å². The summed E-state index contributed by atoms with van der Waals surface area (Å²) in [6.45, 7) is 3.38. The summed E-state index contributed by atoms with van der Waals surface area (Å²) in [6, 6.07) is 12.0. The van der Waals surface area contributed by atoms with E-state index >= 15 is 0 Å². The molecule has 1 fully saturated rings. The van der Waals surface area contributed by atoms with Crippen LogP contribution >= 0.6 is 11.6 Å². The van der Waals surface area contributed by atoms with E-state index in [0.29, 0.717) is 10.5 Å². The van der Waals surface area contributed by atoms with E-state index in [1.165, 1.54) is 12.1 Å². The second-order valence-corrected chi connectivity index (χ2v) is 7.98. The van der Waals surface area contributed by atoms with E-state index in [4.69, 9.17) is 11.6 Å². The predicted octanol–water partition coefficient (Wildman–Crippen LogP) is 3.85. The van der Waals surface area contributed by atoms with Crippen molar-refractivity contribution in [1.82, 2.24) is 24.3 Å². The Labute approximate surface area is 176 Å². The van der Waals surface area contributed by atoms with Crippen LogP contribution in [0.25, 0.3) is 16.7 Å². The number of fused-ring (bicyclic) bond motifs is 1. The Kier molecular flexibility index (Phi) is 4.58. The Morgan fingerprint density at radius 3 is 2.57 bits per heavy atom. The number of nitrogens with one attached hydrogen (secondary N) is 1. The number of aromatic nitrogens is 5. The van der Waals surface area contributed by atoms with Crippen molar-refractivity contribution in [2.45, 2.75) is 25.8 Å². The number of halogens is 2. The van der Waals surface area contributed by atoms with Gasteiger partial charge < -0.3 is 9.88 Å². The maximum atomic E-state index is 13.5. The third kappa shape index (κ3) is 3.17. The highest BCUT2D eigenvalue weighted by Crippen LogP contribution is 2.29. The lowest BCUT2D eigenvalue weighted by Gasteiger charge is -2.33. The standard InChI is InChI=1S/C21H20ClFN6O/c1-13-25-26-20(28(13)16-5-2-14(22)3-6-16)27-10-8-17(9-11-27)29-19-7-4-15(23)12-18(19)24-21(29)30/h2-7,12,17H,8-11H2,1H3,(H,24,30). The number of anilines is 1. The molecule has 0 atom stereocenters. The fourth-order valence-corrected chi connectivity index (χ4v) is 4.36. The van der Waals surface area contributed by atoms with Gasteiger partial charge >= 0.3 is 5.69 Å². The maximum Gasteiger partial charge on any atom is 0.326 e. The molecule has 0 radical (unpaired) electrons. The summed E-state index contributed by atoms with van der Waals surface area (Å²) in [5.74, 6) is 1.22. The average Bonchev–Trinajstić information content (AvgIpc) is 3.27. The molecule has 1 aliphatic heterocycles. The summed E-state index contributed by atoms with van der Waals surface area (Å²) in [5.41, 5.74) is 2.02. The third-order valence-electron chi connectivity index (χ3n) is 5.68. The van der Waals surface area contributed by atoms with Crippen molar-refractivity contribution in [3.05, 3.63) is 69.6 Å². The lowest BCUT2D eigenvalue weighted by atomic mass is 10.0. The molecule has 9 heteroatoms. The smallest absolute Gasteiger partial charge is 0.326 e. The molecule has 2 aromatic carbocycles. The topological polar surface area (TPSA) is 71.7 Å². The molecule has 154 valence electrons. The minimum Gasteiger partial charge on any atom is -0.340 e. The predicted molar refractivity (Wildman–Crippen MR) is 114 cm³/mol. The zero-order valence-electron chi connectivity index (χ0n) is 16.3. The molecule has 1 aliphatic rings. The van der Waals surface area contributed by atoms with Crippen LogP contribution in [0, 0.1) is 12.7 Å². The first-order valence-corrected chi connectivity index (χ1v) is 10.2. The quantitative estimate of drug-likeness (QED) is 0.540. The van der Waals surface area contributed by atoms with Crippen molar-refractivity contribution in [1.29, 1.82) is 0 Å². The van der Waals surface area contributed by atoms with E-state index in [2.05, 4.69) is 20.1 Å². The fraction of sp³-hybridized carbons (Fsp3) is 0.286. The number of piperidine rings is 1. The zero-order chi connectivity index (χ0) is 20.8. The molecule has 0 spiro atoms. The molecular formula is C21H20ClFN6O. The van der Waals surface area contributed by atoms with Crippen LogP contribution in [-0.4, -0.2) is 37.4 Å². The molecule has 1 saturated heterocycles. The van der Waals surface area contributed by atoms with E-state index in [0.717, 1.165) is 48.9 Å². The molecule has 5 rings (SSSR count). The van der Waals surface area contributed by atoms with Gasteiger partial charge in [-0.1, -0.05) is 11.6 Å². The molecule has 1 N–H and O–H groups in total. The highest BCUT2D eigenvalue weighted by Gasteiger charge is 2.27. The molecule has 0 unspecified atom stereocenters. The largest absolute Gasteiger partial charge is 0.340 e. The van der Waals surface area contributed by atoms with Gasteiger partial charge in [0.25, 0.3) is 0 Å². The number of aryl methyl sites for hydroxylation is 1. The second-order valence-electron chi connectivity index (χ2n) is 7.54. The van der Waals surface area contributed by atoms with Gasteiger partial charge in [0.05, 0.1) is 16.7 Å². The SMILES string of the molecule is Cc1nnc(N2CCC(n3c(=O)[nH]c4cc(F)ccc43)CC2)n1-c1ccc(Cl)cc1. The van der Waals surface area contributed by atoms with Crippen molar-refractivity contribution in [3.63, 3.8) is 0 Å². The van der Waals surface area contributed by atoms with Gasteiger partial charge in [-0.25, -0.2) is 9.18 Å². The Balaban J connectivity index is 1.41. The number of benzene rings is 2. The van der Waals surface area contributed by atoms with Crippen LogP contribution in [0.1, 0.15) is 24.7 Å². The molecule has 30 heavy (non-hydrogen) atoms. The molecule has 0 amide bonds. The lowest BCUT2D eigenvalue weighted by molar-refractivity contribution is 0.393. The van der Waals surface area contributed by atoms with Gasteiger partial charge in [-0.2, -0.15) is 0 Å². The van der Waals surface area contributed by atoms with Crippen LogP contribution in [0.15, 0.2) is 47.3 Å². The highest BCUT2D eigenvalue weighted by atomic mass is 35.5. The van der Waals surface area contributed by atoms with Crippen molar-refractivity contribution in [2.75, 3.05) is 18.0 Å². The molecular weight excluding hydrogens is 407 g/mol. The van der Waals surface area contributed by atoms with Crippen molar-refractivity contribution in [3.8, 4) is 5.69 Å². The summed E-state index contributed by atoms with van der Waals surface area (Å²) >= 11 is 6.03. The van der Waals surface area contributed by atoms with E-state index in [9.17, 15) is 9.18 Å². The number of imidazole rings is 1. The number of nitrogens with zero attached hydrogens (tertiary/aromatic N) is 5. The summed E-state index contributed by atoms with van der Waals surface area (Å²) in [5, 5.41) is 9.33. The second kappa shape index (κ2) is 7.28. The number of aromatic amines is 1. The van der Waals surface area contributed by atoms with Gasteiger partial charge in [-0.15, -0.1) is 10.2 Å². The van der Waals surface area contributed by atoms with Crippen LogP contribution in [0.4, 0.5) is 10.3 Å². The molecule has 0 saturated carbocycles. The molecule has 3 heterocycles. The normalized spacial score (nSPS) is 15.2. The molecule has 7 nitrogen and oxygen atoms in total. The molecule has 4 aromatic rings. The van der Waals surface area contributed by atoms with Crippen LogP contribution in [0.3, 0.4) is 0 Å². The van der Waals surface area contributed by atoms with E-state index in [1.807, 2.05) is 35.8 Å². The van der Waals surface area contributed by atoms with Crippen LogP contribution in [0.2, 0.25) is 5.02 Å². The zero-order valence-corrected chi connectivity index (χ0v) is 17.1. The fourth-order valence-electron chi connectivity index (χ4n) is 4.24. The highest BCUT2D eigenvalue weighted by molar-refractivity contribution is 6.30. The average molecular weight is 427 g/mol. The summed E-state index contributed by atoms with van der Waals surface area (Å²) < 4.78 is 17.3. The third-order valence-corrected chi connectivity index (χ3v) is 5.94. The van der Waals surface area contributed by atoms with Gasteiger partial charge in [0.15, 0.2) is 0 Å². The van der Waals surface area contributed by atoms with E-state index in [1.54, 1.807) is 10.6 Å². The summed E-state index contributed by atoms with van der Waals surface area (Å²) in [4.78, 5) is 17.5. The van der Waals surface area contributed by atoms with Crippen LogP contribution in [0.5, 0.6) is 0 Å². The molecule has 2 aromatic heterocycles. The summed E-state index contributed by atoms with van der Waals surface area (Å²) in [7, 11) is 0. The first-order valence-electron chi connectivity index (χ1n) is 9.84. The Morgan fingerprint density at radius 1 is 1.10 bits per heavy atom. The number of H-pyrrole nitrogens is 1. The molecule has 0 bridgehead atoms. The Morgan fingerprint density at radius 2 is 1.83 bits per heavy atom. The first kappa shape index (κ1) is 18.9. The van der Waals surface area contributed by atoms with Crippen molar-refractivity contribution in [2.24, 2.45) is 0 Å². The minimum absolute atomic E-state index is 0.0426. The van der Waals surface area contributed by atoms with Gasteiger partial charge in [0.1, 0.15) is 11.6 Å². The van der Waals surface area contributed by atoms with E-state index in [-0.39, 0.29) is 17.5 Å². The van der Waals surface area contributed by atoms with Crippen molar-refractivity contribution < 1.29 is 4.39 Å². The summed E-state index contributed by atoms with van der Waals surface area (Å²) in [6.07, 6.45) is 1.55. The Bertz CT molecular complexity index is 1270. The van der Waals surface area contributed by atoms with Gasteiger partial charge in [-0.3, -0.25) is 9.13 Å².